The van der Waals surface area contributed by atoms with E-state index in [1.807, 2.05) is 0 Å². The van der Waals surface area contributed by atoms with Crippen LogP contribution < -0.4 is 0 Å². The third kappa shape index (κ3) is 4.50. The van der Waals surface area contributed by atoms with Crippen LogP contribution in [-0.4, -0.2) is 17.0 Å². The number of hydrogen-bond donors (Lipinski definition) is 1. The first-order valence-electron chi connectivity index (χ1n) is 4.57. The van der Waals surface area contributed by atoms with Crippen molar-refractivity contribution in [1.82, 2.24) is 0 Å². The van der Waals surface area contributed by atoms with Gasteiger partial charge in [0.1, 0.15) is 6.10 Å². The zero-order valence-electron chi connectivity index (χ0n) is 8.55. The fraction of sp³-hybridized carbons (Fsp3) is 0.900. The van der Waals surface area contributed by atoms with Gasteiger partial charge in [-0.05, 0) is 25.2 Å². The summed E-state index contributed by atoms with van der Waals surface area (Å²) < 4.78 is 0. The summed E-state index contributed by atoms with van der Waals surface area (Å²) in [5, 5.41) is 9.24. The van der Waals surface area contributed by atoms with E-state index in [2.05, 4.69) is 20.8 Å². The van der Waals surface area contributed by atoms with Crippen molar-refractivity contribution in [2.45, 2.75) is 53.1 Å². The molecule has 0 radical (unpaired) electrons. The molecule has 0 fully saturated rings. The minimum Gasteiger partial charge on any atom is -0.385 e. The number of aliphatic hydroxyl groups is 1. The van der Waals surface area contributed by atoms with Crippen molar-refractivity contribution in [3.8, 4) is 0 Å². The maximum atomic E-state index is 10.7. The van der Waals surface area contributed by atoms with Gasteiger partial charge in [0.2, 0.25) is 0 Å². The van der Waals surface area contributed by atoms with Gasteiger partial charge >= 0.3 is 0 Å². The molecule has 0 aliphatic heterocycles. The maximum absolute atomic E-state index is 10.7. The van der Waals surface area contributed by atoms with E-state index in [9.17, 15) is 9.90 Å². The highest BCUT2D eigenvalue weighted by Crippen LogP contribution is 2.26. The Morgan fingerprint density at radius 1 is 1.50 bits per heavy atom. The van der Waals surface area contributed by atoms with Crippen molar-refractivity contribution in [3.63, 3.8) is 0 Å². The first-order valence-corrected chi connectivity index (χ1v) is 4.57. The molecule has 72 valence electrons. The first kappa shape index (κ1) is 11.6. The lowest BCUT2D eigenvalue weighted by Gasteiger charge is -2.23. The molecule has 1 atom stereocenters. The minimum absolute atomic E-state index is 0.123. The summed E-state index contributed by atoms with van der Waals surface area (Å²) >= 11 is 0. The summed E-state index contributed by atoms with van der Waals surface area (Å²) in [4.78, 5) is 10.7. The van der Waals surface area contributed by atoms with Gasteiger partial charge in [0.25, 0.3) is 0 Å². The minimum atomic E-state index is -0.754. The normalized spacial score (nSPS) is 14.4. The molecule has 0 aromatic carbocycles. The number of aliphatic hydroxyl groups excluding tert-OH is 1. The van der Waals surface area contributed by atoms with Crippen molar-refractivity contribution in [2.75, 3.05) is 0 Å². The zero-order chi connectivity index (χ0) is 9.78. The summed E-state index contributed by atoms with van der Waals surface area (Å²) in [6.07, 6.45) is 1.83. The topological polar surface area (TPSA) is 37.3 Å². The monoisotopic (exact) mass is 172 g/mol. The first-order chi connectivity index (χ1) is 5.39. The van der Waals surface area contributed by atoms with Crippen LogP contribution in [0.1, 0.15) is 47.0 Å². The van der Waals surface area contributed by atoms with Gasteiger partial charge in [0.05, 0.1) is 0 Å². The van der Waals surface area contributed by atoms with Crippen molar-refractivity contribution in [3.05, 3.63) is 0 Å². The van der Waals surface area contributed by atoms with Gasteiger partial charge in [0, 0.05) is 0 Å². The lowest BCUT2D eigenvalue weighted by molar-refractivity contribution is -0.125. The van der Waals surface area contributed by atoms with Crippen LogP contribution in [0, 0.1) is 5.41 Å². The highest BCUT2D eigenvalue weighted by atomic mass is 16.3. The molecule has 0 aliphatic rings. The molecule has 1 unspecified atom stereocenters. The summed E-state index contributed by atoms with van der Waals surface area (Å²) in [6, 6.07) is 0. The fourth-order valence-electron chi connectivity index (χ4n) is 0.907. The van der Waals surface area contributed by atoms with Crippen LogP contribution in [0.15, 0.2) is 0 Å². The van der Waals surface area contributed by atoms with Gasteiger partial charge in [-0.2, -0.15) is 0 Å². The molecule has 2 heteroatoms. The van der Waals surface area contributed by atoms with Crippen molar-refractivity contribution >= 4 is 5.78 Å². The van der Waals surface area contributed by atoms with Gasteiger partial charge < -0.3 is 5.11 Å². The summed E-state index contributed by atoms with van der Waals surface area (Å²) in [7, 11) is 0. The Kier molecular flexibility index (Phi) is 4.46. The van der Waals surface area contributed by atoms with E-state index in [0.717, 1.165) is 12.8 Å². The van der Waals surface area contributed by atoms with E-state index in [-0.39, 0.29) is 11.2 Å². The average molecular weight is 172 g/mol. The van der Waals surface area contributed by atoms with Gasteiger partial charge in [-0.3, -0.25) is 4.79 Å². The third-order valence-corrected chi connectivity index (χ3v) is 2.52. The molecule has 0 saturated carbocycles. The molecule has 0 aliphatic carbocycles. The third-order valence-electron chi connectivity index (χ3n) is 2.52. The molecule has 0 aromatic rings. The SMILES string of the molecule is CCC(C)(C)CCC(O)C(C)=O. The Bertz CT molecular complexity index is 150. The van der Waals surface area contributed by atoms with Crippen LogP contribution in [0.2, 0.25) is 0 Å². The Morgan fingerprint density at radius 3 is 2.33 bits per heavy atom. The molecule has 0 bridgehead atoms. The molecular weight excluding hydrogens is 152 g/mol. The van der Waals surface area contributed by atoms with Gasteiger partial charge in [0.15, 0.2) is 5.78 Å². The summed E-state index contributed by atoms with van der Waals surface area (Å²) in [5.41, 5.74) is 0.246. The number of rotatable bonds is 5. The summed E-state index contributed by atoms with van der Waals surface area (Å²) in [5.74, 6) is -0.123. The lowest BCUT2D eigenvalue weighted by atomic mass is 9.84. The summed E-state index contributed by atoms with van der Waals surface area (Å²) in [6.45, 7) is 7.86. The van der Waals surface area contributed by atoms with Gasteiger partial charge in [-0.25, -0.2) is 0 Å². The predicted molar refractivity (Wildman–Crippen MR) is 50.0 cm³/mol. The highest BCUT2D eigenvalue weighted by Gasteiger charge is 2.18. The number of carbonyl (C=O) groups excluding carboxylic acids is 1. The van der Waals surface area contributed by atoms with Gasteiger partial charge in [-0.15, -0.1) is 0 Å². The molecule has 2 nitrogen and oxygen atoms in total. The molecule has 0 saturated heterocycles. The number of carbonyl (C=O) groups is 1. The van der Waals surface area contributed by atoms with Crippen LogP contribution in [0.3, 0.4) is 0 Å². The maximum Gasteiger partial charge on any atom is 0.158 e. The standard InChI is InChI=1S/C10H20O2/c1-5-10(3,4)7-6-9(12)8(2)11/h9,12H,5-7H2,1-4H3. The molecule has 12 heavy (non-hydrogen) atoms. The van der Waals surface area contributed by atoms with Gasteiger partial charge in [-0.1, -0.05) is 27.2 Å². The lowest BCUT2D eigenvalue weighted by Crippen LogP contribution is -2.20. The fourth-order valence-corrected chi connectivity index (χ4v) is 0.907. The predicted octanol–water partition coefficient (Wildman–Crippen LogP) is 2.15. The Labute approximate surface area is 75.0 Å². The Morgan fingerprint density at radius 2 is 2.00 bits per heavy atom. The van der Waals surface area contributed by atoms with E-state index >= 15 is 0 Å². The van der Waals surface area contributed by atoms with Crippen LogP contribution in [0.5, 0.6) is 0 Å². The Hall–Kier alpha value is -0.370. The quantitative estimate of drug-likeness (QED) is 0.690. The highest BCUT2D eigenvalue weighted by molar-refractivity contribution is 5.79. The van der Waals surface area contributed by atoms with E-state index in [1.54, 1.807) is 0 Å². The number of hydrogen-bond acceptors (Lipinski definition) is 2. The molecule has 1 N–H and O–H groups in total. The van der Waals surface area contributed by atoms with Crippen LogP contribution in [-0.2, 0) is 4.79 Å². The largest absolute Gasteiger partial charge is 0.385 e. The van der Waals surface area contributed by atoms with E-state index in [0.29, 0.717) is 6.42 Å². The number of ketones is 1. The second kappa shape index (κ2) is 4.61. The van der Waals surface area contributed by atoms with Crippen LogP contribution in [0.25, 0.3) is 0 Å². The molecule has 0 amide bonds. The van der Waals surface area contributed by atoms with E-state index in [4.69, 9.17) is 0 Å². The van der Waals surface area contributed by atoms with Crippen LogP contribution >= 0.6 is 0 Å². The second-order valence-electron chi connectivity index (χ2n) is 4.18. The smallest absolute Gasteiger partial charge is 0.158 e. The molecule has 0 rings (SSSR count). The molecule has 0 aromatic heterocycles. The van der Waals surface area contributed by atoms with E-state index in [1.165, 1.54) is 6.92 Å². The van der Waals surface area contributed by atoms with Crippen molar-refractivity contribution in [2.24, 2.45) is 5.41 Å². The van der Waals surface area contributed by atoms with E-state index < -0.39 is 6.10 Å². The average Bonchev–Trinajstić information content (AvgIpc) is 2.00. The van der Waals surface area contributed by atoms with Crippen LogP contribution in [0.4, 0.5) is 0 Å². The Balaban J connectivity index is 3.75. The van der Waals surface area contributed by atoms with Crippen molar-refractivity contribution in [1.29, 1.82) is 0 Å². The van der Waals surface area contributed by atoms with Crippen molar-refractivity contribution < 1.29 is 9.90 Å². The zero-order valence-corrected chi connectivity index (χ0v) is 8.55. The second-order valence-corrected chi connectivity index (χ2v) is 4.18. The number of Topliss-reactive ketones (excluding diaryl/α,β-unsaturated/α-hetero) is 1. The molecular formula is C10H20O2. The molecule has 0 heterocycles. The molecule has 0 spiro atoms.